The van der Waals surface area contributed by atoms with Crippen molar-refractivity contribution in [2.45, 2.75) is 26.8 Å². The molecular formula is C13H20N2O. The highest BCUT2D eigenvalue weighted by molar-refractivity contribution is 5.72. The number of hydrogen-bond acceptors (Lipinski definition) is 2. The number of carbonyl (C=O) groups is 1. The molecule has 0 saturated carbocycles. The molecule has 16 heavy (non-hydrogen) atoms. The number of amides is 1. The molecular weight excluding hydrogens is 200 g/mol. The lowest BCUT2D eigenvalue weighted by Crippen LogP contribution is -2.24. The Morgan fingerprint density at radius 2 is 1.88 bits per heavy atom. The molecule has 3 heteroatoms. The average Bonchev–Trinajstić information content (AvgIpc) is 2.25. The van der Waals surface area contributed by atoms with Crippen LogP contribution in [-0.2, 0) is 11.3 Å². The third-order valence-electron chi connectivity index (χ3n) is 2.35. The molecule has 3 nitrogen and oxygen atoms in total. The van der Waals surface area contributed by atoms with E-state index in [0.717, 1.165) is 26.1 Å². The summed E-state index contributed by atoms with van der Waals surface area (Å²) in [5, 5.41) is 6.12. The van der Waals surface area contributed by atoms with Crippen molar-refractivity contribution in [2.24, 2.45) is 0 Å². The van der Waals surface area contributed by atoms with Crippen LogP contribution in [0.5, 0.6) is 0 Å². The Morgan fingerprint density at radius 3 is 2.50 bits per heavy atom. The highest BCUT2D eigenvalue weighted by Crippen LogP contribution is 2.02. The maximum atomic E-state index is 10.6. The lowest BCUT2D eigenvalue weighted by molar-refractivity contribution is -0.118. The van der Waals surface area contributed by atoms with E-state index in [4.69, 9.17) is 0 Å². The van der Waals surface area contributed by atoms with Crippen LogP contribution in [0.3, 0.4) is 0 Å². The molecule has 0 radical (unpaired) electrons. The molecule has 0 aromatic heterocycles. The summed E-state index contributed by atoms with van der Waals surface area (Å²) in [6.07, 6.45) is 0.964. The zero-order valence-electron chi connectivity index (χ0n) is 10.0. The molecule has 2 N–H and O–H groups in total. The van der Waals surface area contributed by atoms with E-state index in [1.807, 2.05) is 0 Å². The monoisotopic (exact) mass is 220 g/mol. The van der Waals surface area contributed by atoms with E-state index in [2.05, 4.69) is 41.8 Å². The summed E-state index contributed by atoms with van der Waals surface area (Å²) in [5.74, 6) is 0.0403. The lowest BCUT2D eigenvalue weighted by Gasteiger charge is -2.05. The Labute approximate surface area is 97.2 Å². The zero-order chi connectivity index (χ0) is 11.8. The quantitative estimate of drug-likeness (QED) is 0.715. The second-order valence-electron chi connectivity index (χ2n) is 4.00. The molecule has 1 amide bonds. The van der Waals surface area contributed by atoms with Crippen molar-refractivity contribution in [3.63, 3.8) is 0 Å². The fourth-order valence-electron chi connectivity index (χ4n) is 1.42. The SMILES string of the molecule is CC(=O)NCCCNCc1ccc(C)cc1. The van der Waals surface area contributed by atoms with Crippen LogP contribution in [0.1, 0.15) is 24.5 Å². The second kappa shape index (κ2) is 7.01. The van der Waals surface area contributed by atoms with Crippen molar-refractivity contribution in [1.29, 1.82) is 0 Å². The minimum Gasteiger partial charge on any atom is -0.356 e. The molecule has 0 bridgehead atoms. The summed E-state index contributed by atoms with van der Waals surface area (Å²) in [5.41, 5.74) is 2.58. The number of aryl methyl sites for hydroxylation is 1. The van der Waals surface area contributed by atoms with E-state index < -0.39 is 0 Å². The van der Waals surface area contributed by atoms with E-state index >= 15 is 0 Å². The lowest BCUT2D eigenvalue weighted by atomic mass is 10.1. The summed E-state index contributed by atoms with van der Waals surface area (Å²) in [6.45, 7) is 6.19. The van der Waals surface area contributed by atoms with Gasteiger partial charge in [0.15, 0.2) is 0 Å². The minimum atomic E-state index is 0.0403. The molecule has 88 valence electrons. The van der Waals surface area contributed by atoms with Crippen LogP contribution in [-0.4, -0.2) is 19.0 Å². The van der Waals surface area contributed by atoms with E-state index in [1.165, 1.54) is 11.1 Å². The van der Waals surface area contributed by atoms with Crippen molar-refractivity contribution < 1.29 is 4.79 Å². The predicted octanol–water partition coefficient (Wildman–Crippen LogP) is 1.61. The first-order chi connectivity index (χ1) is 7.68. The Bertz CT molecular complexity index is 319. The van der Waals surface area contributed by atoms with Gasteiger partial charge in [0, 0.05) is 20.0 Å². The zero-order valence-corrected chi connectivity index (χ0v) is 10.0. The largest absolute Gasteiger partial charge is 0.356 e. The van der Waals surface area contributed by atoms with Gasteiger partial charge in [0.1, 0.15) is 0 Å². The molecule has 0 heterocycles. The molecule has 1 rings (SSSR count). The first-order valence-corrected chi connectivity index (χ1v) is 5.69. The Balaban J connectivity index is 2.07. The van der Waals surface area contributed by atoms with Gasteiger partial charge in [-0.05, 0) is 25.5 Å². The standard InChI is InChI=1S/C13H20N2O/c1-11-4-6-13(7-5-11)10-14-8-3-9-15-12(2)16/h4-7,14H,3,8-10H2,1-2H3,(H,15,16). The molecule has 0 atom stereocenters. The molecule has 0 spiro atoms. The smallest absolute Gasteiger partial charge is 0.216 e. The third kappa shape index (κ3) is 5.51. The predicted molar refractivity (Wildman–Crippen MR) is 66.2 cm³/mol. The van der Waals surface area contributed by atoms with Gasteiger partial charge in [-0.1, -0.05) is 29.8 Å². The molecule has 0 aliphatic rings. The van der Waals surface area contributed by atoms with E-state index in [0.29, 0.717) is 0 Å². The fraction of sp³-hybridized carbons (Fsp3) is 0.462. The van der Waals surface area contributed by atoms with Gasteiger partial charge in [-0.15, -0.1) is 0 Å². The van der Waals surface area contributed by atoms with Gasteiger partial charge < -0.3 is 10.6 Å². The van der Waals surface area contributed by atoms with Crippen molar-refractivity contribution in [2.75, 3.05) is 13.1 Å². The van der Waals surface area contributed by atoms with Crippen LogP contribution < -0.4 is 10.6 Å². The molecule has 1 aromatic rings. The van der Waals surface area contributed by atoms with Gasteiger partial charge in [0.2, 0.25) is 5.91 Å². The molecule has 0 fully saturated rings. The number of nitrogens with one attached hydrogen (secondary N) is 2. The van der Waals surface area contributed by atoms with Gasteiger partial charge in [0.25, 0.3) is 0 Å². The summed E-state index contributed by atoms with van der Waals surface area (Å²) in [6, 6.07) is 8.51. The maximum Gasteiger partial charge on any atom is 0.216 e. The minimum absolute atomic E-state index is 0.0403. The molecule has 0 unspecified atom stereocenters. The van der Waals surface area contributed by atoms with Crippen molar-refractivity contribution >= 4 is 5.91 Å². The molecule has 0 aliphatic heterocycles. The first-order valence-electron chi connectivity index (χ1n) is 5.69. The van der Waals surface area contributed by atoms with Gasteiger partial charge in [-0.3, -0.25) is 4.79 Å². The van der Waals surface area contributed by atoms with Crippen LogP contribution in [0.15, 0.2) is 24.3 Å². The average molecular weight is 220 g/mol. The Hall–Kier alpha value is -1.35. The van der Waals surface area contributed by atoms with Gasteiger partial charge in [-0.2, -0.15) is 0 Å². The summed E-state index contributed by atoms with van der Waals surface area (Å²) < 4.78 is 0. The maximum absolute atomic E-state index is 10.6. The van der Waals surface area contributed by atoms with Gasteiger partial charge in [-0.25, -0.2) is 0 Å². The van der Waals surface area contributed by atoms with Crippen LogP contribution >= 0.6 is 0 Å². The molecule has 0 aliphatic carbocycles. The van der Waals surface area contributed by atoms with E-state index in [-0.39, 0.29) is 5.91 Å². The van der Waals surface area contributed by atoms with Crippen LogP contribution in [0, 0.1) is 6.92 Å². The summed E-state index contributed by atoms with van der Waals surface area (Å²) >= 11 is 0. The van der Waals surface area contributed by atoms with Crippen molar-refractivity contribution in [3.05, 3.63) is 35.4 Å². The first kappa shape index (κ1) is 12.7. The fourth-order valence-corrected chi connectivity index (χ4v) is 1.42. The number of carbonyl (C=O) groups excluding carboxylic acids is 1. The number of rotatable bonds is 6. The Morgan fingerprint density at radius 1 is 1.19 bits per heavy atom. The van der Waals surface area contributed by atoms with Crippen LogP contribution in [0.2, 0.25) is 0 Å². The van der Waals surface area contributed by atoms with Gasteiger partial charge in [0.05, 0.1) is 0 Å². The highest BCUT2D eigenvalue weighted by Gasteiger charge is 1.93. The molecule has 1 aromatic carbocycles. The van der Waals surface area contributed by atoms with Crippen LogP contribution in [0.25, 0.3) is 0 Å². The van der Waals surface area contributed by atoms with Crippen molar-refractivity contribution in [3.8, 4) is 0 Å². The van der Waals surface area contributed by atoms with Gasteiger partial charge >= 0.3 is 0 Å². The highest BCUT2D eigenvalue weighted by atomic mass is 16.1. The third-order valence-corrected chi connectivity index (χ3v) is 2.35. The summed E-state index contributed by atoms with van der Waals surface area (Å²) in [4.78, 5) is 10.6. The summed E-state index contributed by atoms with van der Waals surface area (Å²) in [7, 11) is 0. The van der Waals surface area contributed by atoms with E-state index in [9.17, 15) is 4.79 Å². The van der Waals surface area contributed by atoms with Crippen LogP contribution in [0.4, 0.5) is 0 Å². The van der Waals surface area contributed by atoms with Crippen molar-refractivity contribution in [1.82, 2.24) is 10.6 Å². The number of benzene rings is 1. The number of hydrogen-bond donors (Lipinski definition) is 2. The second-order valence-corrected chi connectivity index (χ2v) is 4.00. The normalized spacial score (nSPS) is 10.1. The topological polar surface area (TPSA) is 41.1 Å². The Kier molecular flexibility index (Phi) is 5.57. The molecule has 0 saturated heterocycles. The van der Waals surface area contributed by atoms with E-state index in [1.54, 1.807) is 6.92 Å².